The highest BCUT2D eigenvalue weighted by Crippen LogP contribution is 2.31. The summed E-state index contributed by atoms with van der Waals surface area (Å²) in [5, 5.41) is 0. The molecule has 0 radical (unpaired) electrons. The first kappa shape index (κ1) is 12.2. The number of rotatable bonds is 1. The lowest BCUT2D eigenvalue weighted by Crippen LogP contribution is -2.29. The van der Waals surface area contributed by atoms with Crippen molar-refractivity contribution < 1.29 is 4.79 Å². The van der Waals surface area contributed by atoms with Gasteiger partial charge in [0.15, 0.2) is 0 Å². The van der Waals surface area contributed by atoms with Crippen molar-refractivity contribution in [3.05, 3.63) is 62.5 Å². The number of nitrogens with one attached hydrogen (secondary N) is 1. The van der Waals surface area contributed by atoms with E-state index in [2.05, 4.69) is 20.9 Å². The van der Waals surface area contributed by atoms with E-state index >= 15 is 0 Å². The molecule has 1 aromatic carbocycles. The number of hydrogen-bond acceptors (Lipinski definition) is 2. The number of nitrogens with zero attached hydrogens (tertiary/aromatic N) is 1. The summed E-state index contributed by atoms with van der Waals surface area (Å²) in [5.74, 6) is -0.0858. The van der Waals surface area contributed by atoms with E-state index in [9.17, 15) is 9.59 Å². The summed E-state index contributed by atoms with van der Waals surface area (Å²) in [6.07, 6.45) is 2.31. The minimum Gasteiger partial charge on any atom is -0.328 e. The zero-order valence-electron chi connectivity index (χ0n) is 10.0. The molecule has 0 saturated heterocycles. The van der Waals surface area contributed by atoms with Crippen LogP contribution in [0.1, 0.15) is 15.9 Å². The van der Waals surface area contributed by atoms with Gasteiger partial charge in [0.25, 0.3) is 5.91 Å². The Morgan fingerprint density at radius 2 is 2.11 bits per heavy atom. The van der Waals surface area contributed by atoms with E-state index in [0.29, 0.717) is 12.1 Å². The zero-order valence-corrected chi connectivity index (χ0v) is 11.6. The zero-order chi connectivity index (χ0) is 13.4. The second kappa shape index (κ2) is 4.66. The number of H-pyrrole nitrogens is 1. The van der Waals surface area contributed by atoms with Gasteiger partial charge in [-0.05, 0) is 36.2 Å². The highest BCUT2D eigenvalue weighted by Gasteiger charge is 2.25. The number of carbonyl (C=O) groups is 1. The molecule has 5 heteroatoms. The number of pyridine rings is 1. The van der Waals surface area contributed by atoms with Gasteiger partial charge >= 0.3 is 0 Å². The Hall–Kier alpha value is -1.88. The number of amides is 1. The quantitative estimate of drug-likeness (QED) is 0.877. The molecule has 0 spiro atoms. The Labute approximate surface area is 118 Å². The van der Waals surface area contributed by atoms with Crippen molar-refractivity contribution >= 4 is 27.5 Å². The van der Waals surface area contributed by atoms with Crippen molar-refractivity contribution in [2.24, 2.45) is 0 Å². The van der Waals surface area contributed by atoms with Gasteiger partial charge in [0.2, 0.25) is 5.56 Å². The molecule has 0 saturated carbocycles. The van der Waals surface area contributed by atoms with Gasteiger partial charge in [-0.25, -0.2) is 0 Å². The Kier molecular flexibility index (Phi) is 2.98. The number of fused-ring (bicyclic) bond motifs is 1. The Morgan fingerprint density at radius 3 is 2.84 bits per heavy atom. The molecular formula is C14H11BrN2O2. The Balaban J connectivity index is 1.95. The van der Waals surface area contributed by atoms with Crippen LogP contribution in [0.4, 0.5) is 5.69 Å². The number of aromatic amines is 1. The maximum Gasteiger partial charge on any atom is 0.259 e. The number of hydrogen-bond donors (Lipinski definition) is 1. The molecule has 96 valence electrons. The molecule has 0 atom stereocenters. The summed E-state index contributed by atoms with van der Waals surface area (Å²) < 4.78 is 1.02. The fraction of sp³-hybridized carbons (Fsp3) is 0.143. The lowest BCUT2D eigenvalue weighted by Gasteiger charge is -2.17. The number of benzene rings is 1. The number of carbonyl (C=O) groups excluding carboxylic acids is 1. The van der Waals surface area contributed by atoms with Gasteiger partial charge < -0.3 is 9.88 Å². The first-order valence-electron chi connectivity index (χ1n) is 5.94. The van der Waals surface area contributed by atoms with Crippen LogP contribution in [0.3, 0.4) is 0 Å². The molecule has 2 heterocycles. The molecule has 19 heavy (non-hydrogen) atoms. The summed E-state index contributed by atoms with van der Waals surface area (Å²) in [7, 11) is 0. The first-order chi connectivity index (χ1) is 9.15. The summed E-state index contributed by atoms with van der Waals surface area (Å²) in [5.41, 5.74) is 2.39. The van der Waals surface area contributed by atoms with Gasteiger partial charge in [-0.15, -0.1) is 0 Å². The van der Waals surface area contributed by atoms with Crippen LogP contribution in [0, 0.1) is 0 Å². The van der Waals surface area contributed by atoms with Crippen molar-refractivity contribution in [1.82, 2.24) is 4.98 Å². The molecule has 0 aliphatic carbocycles. The predicted molar refractivity (Wildman–Crippen MR) is 76.6 cm³/mol. The lowest BCUT2D eigenvalue weighted by molar-refractivity contribution is 0.0989. The highest BCUT2D eigenvalue weighted by atomic mass is 79.9. The average Bonchev–Trinajstić information content (AvgIpc) is 2.81. The topological polar surface area (TPSA) is 53.2 Å². The fourth-order valence-electron chi connectivity index (χ4n) is 2.28. The van der Waals surface area contributed by atoms with Crippen LogP contribution in [0.25, 0.3) is 0 Å². The van der Waals surface area contributed by atoms with E-state index in [-0.39, 0.29) is 11.5 Å². The van der Waals surface area contributed by atoms with E-state index < -0.39 is 0 Å². The molecule has 1 N–H and O–H groups in total. The van der Waals surface area contributed by atoms with Crippen LogP contribution in [-0.4, -0.2) is 17.4 Å². The van der Waals surface area contributed by atoms with Crippen LogP contribution in [0.5, 0.6) is 0 Å². The largest absolute Gasteiger partial charge is 0.328 e. The Morgan fingerprint density at radius 1 is 1.26 bits per heavy atom. The van der Waals surface area contributed by atoms with Gasteiger partial charge in [-0.1, -0.05) is 15.9 Å². The van der Waals surface area contributed by atoms with Crippen molar-refractivity contribution in [1.29, 1.82) is 0 Å². The van der Waals surface area contributed by atoms with Gasteiger partial charge in [0.1, 0.15) is 0 Å². The molecule has 0 bridgehead atoms. The predicted octanol–water partition coefficient (Wildman–Crippen LogP) is 2.34. The standard InChI is InChI=1S/C14H11BrN2O2/c15-11-2-3-12-9(7-11)5-6-17(12)14(19)10-1-4-13(18)16-8-10/h1-4,7-8H,5-6H2,(H,16,18). The molecule has 1 aliphatic heterocycles. The second-order valence-corrected chi connectivity index (χ2v) is 5.34. The van der Waals surface area contributed by atoms with Crippen LogP contribution in [0.2, 0.25) is 0 Å². The van der Waals surface area contributed by atoms with Crippen LogP contribution >= 0.6 is 15.9 Å². The maximum absolute atomic E-state index is 12.4. The third kappa shape index (κ3) is 2.21. The van der Waals surface area contributed by atoms with Gasteiger partial charge in [0.05, 0.1) is 5.56 Å². The summed E-state index contributed by atoms with van der Waals surface area (Å²) in [4.78, 5) is 27.7. The molecule has 0 unspecified atom stereocenters. The van der Waals surface area contributed by atoms with E-state index in [1.807, 2.05) is 18.2 Å². The van der Waals surface area contributed by atoms with E-state index in [4.69, 9.17) is 0 Å². The Bertz CT molecular complexity index is 688. The summed E-state index contributed by atoms with van der Waals surface area (Å²) >= 11 is 3.43. The van der Waals surface area contributed by atoms with Crippen LogP contribution in [0.15, 0.2) is 45.8 Å². The van der Waals surface area contributed by atoms with E-state index in [1.165, 1.54) is 12.3 Å². The fourth-order valence-corrected chi connectivity index (χ4v) is 2.69. The highest BCUT2D eigenvalue weighted by molar-refractivity contribution is 9.10. The van der Waals surface area contributed by atoms with Crippen molar-refractivity contribution in [2.75, 3.05) is 11.4 Å². The normalized spacial score (nSPS) is 13.4. The monoisotopic (exact) mass is 318 g/mol. The van der Waals surface area contributed by atoms with Crippen molar-refractivity contribution in [3.8, 4) is 0 Å². The maximum atomic E-state index is 12.4. The smallest absolute Gasteiger partial charge is 0.259 e. The number of halogens is 1. The van der Waals surface area contributed by atoms with Gasteiger partial charge in [-0.2, -0.15) is 0 Å². The molecule has 1 aliphatic rings. The molecule has 3 rings (SSSR count). The summed E-state index contributed by atoms with van der Waals surface area (Å²) in [6, 6.07) is 8.83. The van der Waals surface area contributed by atoms with E-state index in [1.54, 1.807) is 11.0 Å². The minimum atomic E-state index is -0.206. The van der Waals surface area contributed by atoms with E-state index in [0.717, 1.165) is 22.1 Å². The van der Waals surface area contributed by atoms with Crippen molar-refractivity contribution in [2.45, 2.75) is 6.42 Å². The first-order valence-corrected chi connectivity index (χ1v) is 6.73. The third-order valence-corrected chi connectivity index (χ3v) is 3.71. The molecular weight excluding hydrogens is 308 g/mol. The SMILES string of the molecule is O=C(c1ccc(=O)[nH]c1)N1CCc2cc(Br)ccc21. The second-order valence-electron chi connectivity index (χ2n) is 4.42. The third-order valence-electron chi connectivity index (χ3n) is 3.21. The molecule has 0 fully saturated rings. The van der Waals surface area contributed by atoms with Gasteiger partial charge in [0, 0.05) is 29.0 Å². The average molecular weight is 319 g/mol. The molecule has 1 amide bonds. The minimum absolute atomic E-state index is 0.0858. The van der Waals surface area contributed by atoms with Crippen LogP contribution < -0.4 is 10.5 Å². The number of anilines is 1. The summed E-state index contributed by atoms with van der Waals surface area (Å²) in [6.45, 7) is 0.670. The van der Waals surface area contributed by atoms with Gasteiger partial charge in [-0.3, -0.25) is 9.59 Å². The molecule has 4 nitrogen and oxygen atoms in total. The molecule has 2 aromatic rings. The molecule has 1 aromatic heterocycles. The van der Waals surface area contributed by atoms with Crippen molar-refractivity contribution in [3.63, 3.8) is 0 Å². The lowest BCUT2D eigenvalue weighted by atomic mass is 10.2. The van der Waals surface area contributed by atoms with Crippen LogP contribution in [-0.2, 0) is 6.42 Å². The number of aromatic nitrogens is 1.